The number of nitrogens with one attached hydrogen (secondary N) is 1. The van der Waals surface area contributed by atoms with Crippen LogP contribution in [0.25, 0.3) is 0 Å². The van der Waals surface area contributed by atoms with E-state index >= 15 is 0 Å². The Morgan fingerprint density at radius 1 is 1.55 bits per heavy atom. The number of sulfone groups is 1. The Hall–Kier alpha value is -1.71. The number of rotatable bonds is 3. The minimum Gasteiger partial charge on any atom is -0.377 e. The van der Waals surface area contributed by atoms with Crippen LogP contribution in [-0.2, 0) is 14.6 Å². The monoisotopic (exact) mass is 341 g/mol. The van der Waals surface area contributed by atoms with Crippen molar-refractivity contribution in [2.45, 2.75) is 10.9 Å². The second-order valence-corrected chi connectivity index (χ2v) is 7.79. The molecule has 1 fully saturated rings. The third-order valence-corrected chi connectivity index (χ3v) is 5.33. The molecule has 3 heterocycles. The van der Waals surface area contributed by atoms with E-state index in [1.54, 1.807) is 16.3 Å². The lowest BCUT2D eigenvalue weighted by Gasteiger charge is -2.35. The molecule has 1 amide bonds. The van der Waals surface area contributed by atoms with Gasteiger partial charge in [-0.25, -0.2) is 8.42 Å². The second kappa shape index (κ2) is 5.82. The molecule has 0 aromatic carbocycles. The van der Waals surface area contributed by atoms with Gasteiger partial charge in [-0.2, -0.15) is 16.4 Å². The lowest BCUT2D eigenvalue weighted by molar-refractivity contribution is -0.00465. The van der Waals surface area contributed by atoms with E-state index in [1.807, 2.05) is 5.38 Å². The van der Waals surface area contributed by atoms with E-state index in [2.05, 4.69) is 10.2 Å². The predicted octanol–water partition coefficient (Wildman–Crippen LogP) is 1.09. The highest BCUT2D eigenvalue weighted by Gasteiger charge is 2.34. The Morgan fingerprint density at radius 2 is 2.36 bits per heavy atom. The molecule has 1 saturated heterocycles. The van der Waals surface area contributed by atoms with Gasteiger partial charge in [0.05, 0.1) is 36.7 Å². The van der Waals surface area contributed by atoms with Crippen molar-refractivity contribution >= 4 is 27.1 Å². The van der Waals surface area contributed by atoms with E-state index in [0.29, 0.717) is 24.4 Å². The zero-order valence-electron chi connectivity index (χ0n) is 11.9. The van der Waals surface area contributed by atoms with Crippen molar-refractivity contribution in [2.75, 3.05) is 26.0 Å². The summed E-state index contributed by atoms with van der Waals surface area (Å²) in [7, 11) is -3.43. The van der Waals surface area contributed by atoms with Crippen molar-refractivity contribution in [3.05, 3.63) is 34.3 Å². The Morgan fingerprint density at radius 3 is 3.05 bits per heavy atom. The van der Waals surface area contributed by atoms with Gasteiger partial charge < -0.3 is 9.64 Å². The van der Waals surface area contributed by atoms with Crippen LogP contribution >= 0.6 is 11.3 Å². The standard InChI is InChI=1S/C13H15N3O4S2/c1-22(18,19)11-6-14-15-12(11)10-7-20-4-3-16(10)13(17)9-2-5-21-8-9/h2,5-6,8,10H,3-4,7H2,1H3,(H,14,15)/t10-/m1/s1. The van der Waals surface area contributed by atoms with E-state index in [9.17, 15) is 13.2 Å². The van der Waals surface area contributed by atoms with E-state index in [4.69, 9.17) is 4.74 Å². The summed E-state index contributed by atoms with van der Waals surface area (Å²) in [6.45, 7) is 1.07. The molecule has 3 rings (SSSR count). The molecule has 1 N–H and O–H groups in total. The van der Waals surface area contributed by atoms with Crippen molar-refractivity contribution in [2.24, 2.45) is 0 Å². The Kier molecular flexibility index (Phi) is 4.02. The summed E-state index contributed by atoms with van der Waals surface area (Å²) in [6.07, 6.45) is 2.39. The first-order valence-electron chi connectivity index (χ1n) is 6.62. The van der Waals surface area contributed by atoms with Gasteiger partial charge in [-0.1, -0.05) is 0 Å². The van der Waals surface area contributed by atoms with Gasteiger partial charge in [0.25, 0.3) is 5.91 Å². The number of morpholine rings is 1. The minimum atomic E-state index is -3.43. The number of carbonyl (C=O) groups excluding carboxylic acids is 1. The molecular formula is C13H15N3O4S2. The number of thiophene rings is 1. The summed E-state index contributed by atoms with van der Waals surface area (Å²) in [5, 5.41) is 10.1. The molecule has 0 aliphatic carbocycles. The molecule has 1 aliphatic heterocycles. The highest BCUT2D eigenvalue weighted by molar-refractivity contribution is 7.90. The van der Waals surface area contributed by atoms with Crippen LogP contribution in [0.15, 0.2) is 27.9 Å². The van der Waals surface area contributed by atoms with Gasteiger partial charge in [-0.05, 0) is 11.4 Å². The van der Waals surface area contributed by atoms with E-state index in [-0.39, 0.29) is 17.4 Å². The molecule has 1 aliphatic rings. The van der Waals surface area contributed by atoms with Crippen molar-refractivity contribution in [1.82, 2.24) is 15.1 Å². The molecule has 0 unspecified atom stereocenters. The molecule has 0 radical (unpaired) electrons. The molecular weight excluding hydrogens is 326 g/mol. The fourth-order valence-corrected chi connectivity index (χ4v) is 3.91. The number of ether oxygens (including phenoxy) is 1. The van der Waals surface area contributed by atoms with Gasteiger partial charge in [0, 0.05) is 18.2 Å². The third kappa shape index (κ3) is 2.79. The van der Waals surface area contributed by atoms with Crippen LogP contribution in [0.2, 0.25) is 0 Å². The summed E-state index contributed by atoms with van der Waals surface area (Å²) in [5.74, 6) is -0.136. The number of aromatic amines is 1. The van der Waals surface area contributed by atoms with Gasteiger partial charge in [0.1, 0.15) is 4.90 Å². The van der Waals surface area contributed by atoms with Crippen molar-refractivity contribution < 1.29 is 17.9 Å². The van der Waals surface area contributed by atoms with Gasteiger partial charge >= 0.3 is 0 Å². The molecule has 1 atom stereocenters. The van der Waals surface area contributed by atoms with Crippen LogP contribution in [0.3, 0.4) is 0 Å². The van der Waals surface area contributed by atoms with Crippen molar-refractivity contribution in [3.63, 3.8) is 0 Å². The first-order chi connectivity index (χ1) is 10.5. The third-order valence-electron chi connectivity index (χ3n) is 3.52. The summed E-state index contributed by atoms with van der Waals surface area (Å²) < 4.78 is 29.2. The summed E-state index contributed by atoms with van der Waals surface area (Å²) in [5.41, 5.74) is 0.989. The number of nitrogens with zero attached hydrogens (tertiary/aromatic N) is 2. The van der Waals surface area contributed by atoms with Crippen LogP contribution < -0.4 is 0 Å². The lowest BCUT2D eigenvalue weighted by Crippen LogP contribution is -2.43. The Balaban J connectivity index is 1.97. The topological polar surface area (TPSA) is 92.4 Å². The summed E-state index contributed by atoms with van der Waals surface area (Å²) >= 11 is 1.44. The number of amides is 1. The Labute approximate surface area is 131 Å². The van der Waals surface area contributed by atoms with Gasteiger partial charge in [-0.15, -0.1) is 0 Å². The van der Waals surface area contributed by atoms with Crippen LogP contribution in [0.4, 0.5) is 0 Å². The highest BCUT2D eigenvalue weighted by atomic mass is 32.2. The maximum Gasteiger partial charge on any atom is 0.255 e. The van der Waals surface area contributed by atoms with Gasteiger partial charge in [0.15, 0.2) is 9.84 Å². The molecule has 0 bridgehead atoms. The maximum absolute atomic E-state index is 12.6. The molecule has 0 saturated carbocycles. The number of hydrogen-bond acceptors (Lipinski definition) is 6. The molecule has 7 nitrogen and oxygen atoms in total. The number of hydrogen-bond donors (Lipinski definition) is 1. The molecule has 118 valence electrons. The molecule has 9 heteroatoms. The van der Waals surface area contributed by atoms with Crippen molar-refractivity contribution in [3.8, 4) is 0 Å². The van der Waals surface area contributed by atoms with Gasteiger partial charge in [0.2, 0.25) is 0 Å². The summed E-state index contributed by atoms with van der Waals surface area (Å²) in [4.78, 5) is 14.4. The maximum atomic E-state index is 12.6. The van der Waals surface area contributed by atoms with Crippen LogP contribution in [0.1, 0.15) is 22.1 Å². The highest BCUT2D eigenvalue weighted by Crippen LogP contribution is 2.29. The quantitative estimate of drug-likeness (QED) is 0.902. The van der Waals surface area contributed by atoms with E-state index in [1.165, 1.54) is 17.5 Å². The molecule has 22 heavy (non-hydrogen) atoms. The van der Waals surface area contributed by atoms with Gasteiger partial charge in [-0.3, -0.25) is 9.89 Å². The van der Waals surface area contributed by atoms with Crippen LogP contribution in [0, 0.1) is 0 Å². The number of aromatic nitrogens is 2. The zero-order chi connectivity index (χ0) is 15.7. The Bertz CT molecular complexity index is 767. The first-order valence-corrected chi connectivity index (χ1v) is 9.46. The number of H-pyrrole nitrogens is 1. The largest absolute Gasteiger partial charge is 0.377 e. The normalized spacial score (nSPS) is 19.3. The average molecular weight is 341 g/mol. The SMILES string of the molecule is CS(=O)(=O)c1cn[nH]c1[C@H]1COCCN1C(=O)c1ccsc1. The zero-order valence-corrected chi connectivity index (χ0v) is 13.5. The van der Waals surface area contributed by atoms with E-state index in [0.717, 1.165) is 6.26 Å². The molecule has 0 spiro atoms. The predicted molar refractivity (Wildman–Crippen MR) is 80.6 cm³/mol. The number of carbonyl (C=O) groups is 1. The molecule has 2 aromatic heterocycles. The van der Waals surface area contributed by atoms with Crippen molar-refractivity contribution in [1.29, 1.82) is 0 Å². The summed E-state index contributed by atoms with van der Waals surface area (Å²) in [6, 6.07) is 1.26. The lowest BCUT2D eigenvalue weighted by atomic mass is 10.1. The van der Waals surface area contributed by atoms with E-state index < -0.39 is 15.9 Å². The fourth-order valence-electron chi connectivity index (χ4n) is 2.46. The van der Waals surface area contributed by atoms with Crippen LogP contribution in [-0.4, -0.2) is 55.4 Å². The fraction of sp³-hybridized carbons (Fsp3) is 0.385. The smallest absolute Gasteiger partial charge is 0.255 e. The van der Waals surface area contributed by atoms with Crippen LogP contribution in [0.5, 0.6) is 0 Å². The molecule has 2 aromatic rings. The average Bonchev–Trinajstić information content (AvgIpc) is 3.17. The first kappa shape index (κ1) is 15.2. The second-order valence-electron chi connectivity index (χ2n) is 5.02. The minimum absolute atomic E-state index is 0.103.